The molecular weight excluding hydrogens is 276 g/mol. The predicted molar refractivity (Wildman–Crippen MR) is 83.5 cm³/mol. The van der Waals surface area contributed by atoms with Gasteiger partial charge in [-0.05, 0) is 19.4 Å². The van der Waals surface area contributed by atoms with E-state index in [1.54, 1.807) is 14.2 Å². The van der Waals surface area contributed by atoms with Crippen molar-refractivity contribution in [1.82, 2.24) is 5.32 Å². The van der Waals surface area contributed by atoms with E-state index < -0.39 is 0 Å². The van der Waals surface area contributed by atoms with E-state index in [-0.39, 0.29) is 5.54 Å². The number of piperazine rings is 1. The van der Waals surface area contributed by atoms with E-state index in [1.807, 2.05) is 12.1 Å². The molecule has 1 aliphatic rings. The van der Waals surface area contributed by atoms with E-state index in [0.717, 1.165) is 37.5 Å². The first-order chi connectivity index (χ1) is 9.53. The van der Waals surface area contributed by atoms with Crippen molar-refractivity contribution in [3.05, 3.63) is 17.2 Å². The van der Waals surface area contributed by atoms with Gasteiger partial charge in [0, 0.05) is 31.2 Å². The molecule has 0 saturated carbocycles. The second-order valence-corrected chi connectivity index (χ2v) is 5.83. The molecule has 0 bridgehead atoms. The van der Waals surface area contributed by atoms with Crippen LogP contribution in [0.1, 0.15) is 20.3 Å². The van der Waals surface area contributed by atoms with Crippen LogP contribution in [-0.4, -0.2) is 39.4 Å². The van der Waals surface area contributed by atoms with Gasteiger partial charge in [0.15, 0.2) is 0 Å². The van der Waals surface area contributed by atoms with E-state index in [2.05, 4.69) is 24.1 Å². The van der Waals surface area contributed by atoms with Crippen LogP contribution in [0.4, 0.5) is 5.69 Å². The van der Waals surface area contributed by atoms with E-state index >= 15 is 0 Å². The topological polar surface area (TPSA) is 33.7 Å². The van der Waals surface area contributed by atoms with Crippen LogP contribution in [0.3, 0.4) is 0 Å². The van der Waals surface area contributed by atoms with Crippen LogP contribution in [0.5, 0.6) is 11.5 Å². The summed E-state index contributed by atoms with van der Waals surface area (Å²) in [4.78, 5) is 2.32. The lowest BCUT2D eigenvalue weighted by molar-refractivity contribution is 0.311. The van der Waals surface area contributed by atoms with E-state index in [1.165, 1.54) is 0 Å². The lowest BCUT2D eigenvalue weighted by Crippen LogP contribution is -2.58. The number of nitrogens with one attached hydrogen (secondary N) is 1. The SMILES string of the molecule is CCC1(C)CN(c2cc(Cl)c(OC)cc2OC)CCN1. The van der Waals surface area contributed by atoms with Gasteiger partial charge in [-0.3, -0.25) is 0 Å². The summed E-state index contributed by atoms with van der Waals surface area (Å²) < 4.78 is 10.7. The molecule has 112 valence electrons. The molecule has 5 heteroatoms. The molecule has 0 radical (unpaired) electrons. The fraction of sp³-hybridized carbons (Fsp3) is 0.600. The second-order valence-electron chi connectivity index (χ2n) is 5.42. The molecule has 0 amide bonds. The molecule has 1 saturated heterocycles. The minimum absolute atomic E-state index is 0.121. The molecule has 1 heterocycles. The van der Waals surface area contributed by atoms with Crippen molar-refractivity contribution < 1.29 is 9.47 Å². The summed E-state index contributed by atoms with van der Waals surface area (Å²) in [5, 5.41) is 4.19. The Labute approximate surface area is 126 Å². The summed E-state index contributed by atoms with van der Waals surface area (Å²) in [6, 6.07) is 3.78. The van der Waals surface area contributed by atoms with Gasteiger partial charge in [-0.15, -0.1) is 0 Å². The number of benzene rings is 1. The van der Waals surface area contributed by atoms with Gasteiger partial charge < -0.3 is 19.7 Å². The van der Waals surface area contributed by atoms with Crippen molar-refractivity contribution in [1.29, 1.82) is 0 Å². The Bertz CT molecular complexity index is 481. The van der Waals surface area contributed by atoms with Gasteiger partial charge in [0.25, 0.3) is 0 Å². The smallest absolute Gasteiger partial charge is 0.145 e. The van der Waals surface area contributed by atoms with Crippen LogP contribution >= 0.6 is 11.6 Å². The van der Waals surface area contributed by atoms with Crippen molar-refractivity contribution >= 4 is 17.3 Å². The Kier molecular flexibility index (Phi) is 4.66. The minimum Gasteiger partial charge on any atom is -0.495 e. The molecule has 1 aliphatic heterocycles. The lowest BCUT2D eigenvalue weighted by atomic mass is 9.95. The van der Waals surface area contributed by atoms with Crippen LogP contribution < -0.4 is 19.7 Å². The van der Waals surface area contributed by atoms with Gasteiger partial charge in [-0.25, -0.2) is 0 Å². The van der Waals surface area contributed by atoms with Crippen molar-refractivity contribution in [2.45, 2.75) is 25.8 Å². The Morgan fingerprint density at radius 2 is 2.00 bits per heavy atom. The Hall–Kier alpha value is -1.13. The second kappa shape index (κ2) is 6.10. The van der Waals surface area contributed by atoms with Gasteiger partial charge >= 0.3 is 0 Å². The molecule has 1 aromatic carbocycles. The number of rotatable bonds is 4. The molecular formula is C15H23ClN2O2. The number of anilines is 1. The standard InChI is InChI=1S/C15H23ClN2O2/c1-5-15(2)10-18(7-6-17-15)12-8-11(16)13(19-3)9-14(12)20-4/h8-9,17H,5-7,10H2,1-4H3. The molecule has 1 atom stereocenters. The predicted octanol–water partition coefficient (Wildman–Crippen LogP) is 2.94. The summed E-state index contributed by atoms with van der Waals surface area (Å²) in [6.07, 6.45) is 1.08. The van der Waals surface area contributed by atoms with Crippen molar-refractivity contribution in [2.24, 2.45) is 0 Å². The number of halogens is 1. The number of hydrogen-bond donors (Lipinski definition) is 1. The lowest BCUT2D eigenvalue weighted by Gasteiger charge is -2.42. The Balaban J connectivity index is 2.34. The van der Waals surface area contributed by atoms with Crippen LogP contribution in [0.25, 0.3) is 0 Å². The molecule has 0 aromatic heterocycles. The van der Waals surface area contributed by atoms with E-state index in [4.69, 9.17) is 21.1 Å². The summed E-state index contributed by atoms with van der Waals surface area (Å²) in [5.74, 6) is 1.44. The average Bonchev–Trinajstić information content (AvgIpc) is 2.47. The van der Waals surface area contributed by atoms with Gasteiger partial charge in [0.05, 0.1) is 24.9 Å². The monoisotopic (exact) mass is 298 g/mol. The Morgan fingerprint density at radius 3 is 2.60 bits per heavy atom. The molecule has 2 rings (SSSR count). The molecule has 0 spiro atoms. The van der Waals surface area contributed by atoms with E-state index in [0.29, 0.717) is 10.8 Å². The first kappa shape index (κ1) is 15.3. The molecule has 1 fully saturated rings. The van der Waals surface area contributed by atoms with Gasteiger partial charge in [-0.1, -0.05) is 18.5 Å². The van der Waals surface area contributed by atoms with Crippen LogP contribution in [-0.2, 0) is 0 Å². The summed E-state index contributed by atoms with van der Waals surface area (Å²) in [6.45, 7) is 7.28. The maximum absolute atomic E-state index is 6.26. The molecule has 1 unspecified atom stereocenters. The third-order valence-electron chi connectivity index (χ3n) is 4.05. The van der Waals surface area contributed by atoms with Crippen molar-refractivity contribution in [2.75, 3.05) is 38.8 Å². The average molecular weight is 299 g/mol. The maximum atomic E-state index is 6.26. The van der Waals surface area contributed by atoms with Crippen LogP contribution in [0, 0.1) is 0 Å². The minimum atomic E-state index is 0.121. The van der Waals surface area contributed by atoms with E-state index in [9.17, 15) is 0 Å². The number of nitrogens with zero attached hydrogens (tertiary/aromatic N) is 1. The normalized spacial score (nSPS) is 22.8. The number of methoxy groups -OCH3 is 2. The zero-order valence-corrected chi connectivity index (χ0v) is 13.4. The summed E-state index contributed by atoms with van der Waals surface area (Å²) >= 11 is 6.26. The highest BCUT2D eigenvalue weighted by Crippen LogP contribution is 2.39. The number of ether oxygens (including phenoxy) is 2. The number of hydrogen-bond acceptors (Lipinski definition) is 4. The summed E-state index contributed by atoms with van der Waals surface area (Å²) in [7, 11) is 3.28. The highest BCUT2D eigenvalue weighted by molar-refractivity contribution is 6.32. The third kappa shape index (κ3) is 2.96. The van der Waals surface area contributed by atoms with Gasteiger partial charge in [0.2, 0.25) is 0 Å². The third-order valence-corrected chi connectivity index (χ3v) is 4.34. The van der Waals surface area contributed by atoms with Gasteiger partial charge in [-0.2, -0.15) is 0 Å². The fourth-order valence-corrected chi connectivity index (χ4v) is 2.82. The molecule has 20 heavy (non-hydrogen) atoms. The van der Waals surface area contributed by atoms with Crippen molar-refractivity contribution in [3.63, 3.8) is 0 Å². The highest BCUT2D eigenvalue weighted by Gasteiger charge is 2.30. The zero-order chi connectivity index (χ0) is 14.8. The first-order valence-corrected chi connectivity index (χ1v) is 7.32. The quantitative estimate of drug-likeness (QED) is 0.927. The zero-order valence-electron chi connectivity index (χ0n) is 12.6. The highest BCUT2D eigenvalue weighted by atomic mass is 35.5. The van der Waals surface area contributed by atoms with Crippen molar-refractivity contribution in [3.8, 4) is 11.5 Å². The summed E-state index contributed by atoms with van der Waals surface area (Å²) in [5.41, 5.74) is 1.15. The largest absolute Gasteiger partial charge is 0.495 e. The van der Waals surface area contributed by atoms with Gasteiger partial charge in [0.1, 0.15) is 11.5 Å². The molecule has 1 N–H and O–H groups in total. The van der Waals surface area contributed by atoms with Crippen LogP contribution in [0.15, 0.2) is 12.1 Å². The maximum Gasteiger partial charge on any atom is 0.145 e. The molecule has 0 aliphatic carbocycles. The molecule has 4 nitrogen and oxygen atoms in total. The first-order valence-electron chi connectivity index (χ1n) is 6.94. The van der Waals surface area contributed by atoms with Crippen LogP contribution in [0.2, 0.25) is 5.02 Å². The molecule has 1 aromatic rings. The Morgan fingerprint density at radius 1 is 1.30 bits per heavy atom. The fourth-order valence-electron chi connectivity index (χ4n) is 2.58.